The van der Waals surface area contributed by atoms with Gasteiger partial charge in [-0.3, -0.25) is 0 Å². The molecule has 1 atom stereocenters. The third-order valence-electron chi connectivity index (χ3n) is 4.73. The monoisotopic (exact) mass is 283 g/mol. The van der Waals surface area contributed by atoms with Gasteiger partial charge >= 0.3 is 0 Å². The maximum atomic E-state index is 4.56. The van der Waals surface area contributed by atoms with Crippen LogP contribution >= 0.6 is 0 Å². The largest absolute Gasteiger partial charge is 0.307 e. The van der Waals surface area contributed by atoms with Gasteiger partial charge in [0.05, 0.1) is 17.6 Å². The van der Waals surface area contributed by atoms with Gasteiger partial charge in [0, 0.05) is 19.1 Å². The van der Waals surface area contributed by atoms with E-state index in [1.807, 2.05) is 36.5 Å². The highest BCUT2D eigenvalue weighted by molar-refractivity contribution is 5.28. The molecule has 5 rings (SSSR count). The summed E-state index contributed by atoms with van der Waals surface area (Å²) in [6, 6.07) is 10.7. The summed E-state index contributed by atoms with van der Waals surface area (Å²) in [5.74, 6) is 0.846. The van der Waals surface area contributed by atoms with E-state index in [4.69, 9.17) is 0 Å². The van der Waals surface area contributed by atoms with Gasteiger partial charge in [0.25, 0.3) is 0 Å². The van der Waals surface area contributed by atoms with Gasteiger partial charge in [0.2, 0.25) is 0 Å². The second kappa shape index (κ2) is 5.58. The first kappa shape index (κ1) is 13.0. The Hall–Kier alpha value is -1.72. The highest BCUT2D eigenvalue weighted by atomic mass is 15.5. The molecule has 4 heterocycles. The van der Waals surface area contributed by atoms with Gasteiger partial charge in [-0.2, -0.15) is 15.0 Å². The molecule has 3 saturated heterocycles. The summed E-state index contributed by atoms with van der Waals surface area (Å²) in [6.45, 7) is 4.57. The third kappa shape index (κ3) is 2.71. The van der Waals surface area contributed by atoms with Crippen molar-refractivity contribution in [3.63, 3.8) is 0 Å². The molecule has 3 aliphatic heterocycles. The zero-order valence-electron chi connectivity index (χ0n) is 12.2. The van der Waals surface area contributed by atoms with E-state index in [0.29, 0.717) is 6.04 Å². The summed E-state index contributed by atoms with van der Waals surface area (Å²) in [6.07, 6.45) is 4.55. The van der Waals surface area contributed by atoms with Gasteiger partial charge in [0.1, 0.15) is 0 Å². The number of rotatable bonds is 4. The molecule has 5 heteroatoms. The van der Waals surface area contributed by atoms with E-state index in [1.54, 1.807) is 4.80 Å². The molecule has 1 aromatic heterocycles. The lowest BCUT2D eigenvalue weighted by Crippen LogP contribution is -2.55. The van der Waals surface area contributed by atoms with E-state index >= 15 is 0 Å². The Bertz CT molecular complexity index is 586. The van der Waals surface area contributed by atoms with Crippen molar-refractivity contribution < 1.29 is 0 Å². The smallest absolute Gasteiger partial charge is 0.0969 e. The van der Waals surface area contributed by atoms with Crippen molar-refractivity contribution in [3.8, 4) is 5.69 Å². The maximum Gasteiger partial charge on any atom is 0.0969 e. The second-order valence-electron chi connectivity index (χ2n) is 6.09. The highest BCUT2D eigenvalue weighted by Gasteiger charge is 2.33. The summed E-state index contributed by atoms with van der Waals surface area (Å²) in [4.78, 5) is 4.27. The normalized spacial score (nSPS) is 27.9. The third-order valence-corrected chi connectivity index (χ3v) is 4.73. The lowest BCUT2D eigenvalue weighted by atomic mass is 9.84. The Morgan fingerprint density at radius 1 is 1.14 bits per heavy atom. The lowest BCUT2D eigenvalue weighted by molar-refractivity contribution is 0.0718. The molecule has 1 aromatic carbocycles. The Morgan fingerprint density at radius 2 is 1.95 bits per heavy atom. The van der Waals surface area contributed by atoms with Crippen molar-refractivity contribution in [2.24, 2.45) is 5.92 Å². The number of piperidine rings is 3. The topological polar surface area (TPSA) is 46.0 Å². The minimum Gasteiger partial charge on any atom is -0.307 e. The van der Waals surface area contributed by atoms with Gasteiger partial charge < -0.3 is 10.2 Å². The second-order valence-corrected chi connectivity index (χ2v) is 6.09. The first-order chi connectivity index (χ1) is 10.4. The van der Waals surface area contributed by atoms with Gasteiger partial charge in [-0.1, -0.05) is 18.2 Å². The fourth-order valence-electron chi connectivity index (χ4n) is 3.49. The number of benzene rings is 1. The molecular weight excluding hydrogens is 262 g/mol. The summed E-state index contributed by atoms with van der Waals surface area (Å²) in [7, 11) is 0. The van der Waals surface area contributed by atoms with Crippen LogP contribution in [0.2, 0.25) is 0 Å². The molecule has 3 aliphatic rings. The quantitative estimate of drug-likeness (QED) is 0.922. The number of nitrogens with one attached hydrogen (secondary N) is 1. The Morgan fingerprint density at radius 3 is 2.67 bits per heavy atom. The standard InChI is InChI=1S/C16H21N5/c1-2-4-15(5-3-1)21-18-11-14(19-21)10-17-16-12-20-8-6-13(16)7-9-20/h1-5,11,13,16-17H,6-10,12H2. The van der Waals surface area contributed by atoms with Crippen LogP contribution in [0.1, 0.15) is 18.5 Å². The predicted octanol–water partition coefficient (Wildman–Crippen LogP) is 1.45. The molecule has 1 unspecified atom stereocenters. The molecular formula is C16H21N5. The molecule has 110 valence electrons. The molecule has 2 bridgehead atoms. The van der Waals surface area contributed by atoms with E-state index in [-0.39, 0.29) is 0 Å². The van der Waals surface area contributed by atoms with Crippen LogP contribution in [0.3, 0.4) is 0 Å². The SMILES string of the molecule is c1ccc(-n2ncc(CNC3CN4CCC3CC4)n2)cc1. The molecule has 0 aliphatic carbocycles. The molecule has 2 aromatic rings. The fraction of sp³-hybridized carbons (Fsp3) is 0.500. The minimum atomic E-state index is 0.620. The average Bonchev–Trinajstić information content (AvgIpc) is 3.04. The Balaban J connectivity index is 1.39. The number of nitrogens with zero attached hydrogens (tertiary/aromatic N) is 4. The first-order valence-electron chi connectivity index (χ1n) is 7.81. The van der Waals surface area contributed by atoms with E-state index in [0.717, 1.165) is 23.8 Å². The minimum absolute atomic E-state index is 0.620. The summed E-state index contributed by atoms with van der Waals surface area (Å²) in [5, 5.41) is 12.6. The fourth-order valence-corrected chi connectivity index (χ4v) is 3.49. The van der Waals surface area contributed by atoms with E-state index in [1.165, 1.54) is 32.5 Å². The van der Waals surface area contributed by atoms with Crippen LogP contribution in [0.4, 0.5) is 0 Å². The van der Waals surface area contributed by atoms with Crippen LogP contribution in [-0.4, -0.2) is 45.6 Å². The van der Waals surface area contributed by atoms with Crippen LogP contribution in [0.15, 0.2) is 36.5 Å². The molecule has 1 N–H and O–H groups in total. The Kier molecular flexibility index (Phi) is 3.45. The molecule has 5 nitrogen and oxygen atoms in total. The highest BCUT2D eigenvalue weighted by Crippen LogP contribution is 2.27. The van der Waals surface area contributed by atoms with Crippen molar-refractivity contribution in [2.75, 3.05) is 19.6 Å². The van der Waals surface area contributed by atoms with Crippen LogP contribution in [-0.2, 0) is 6.54 Å². The number of aromatic nitrogens is 3. The van der Waals surface area contributed by atoms with Gasteiger partial charge in [-0.25, -0.2) is 0 Å². The zero-order valence-corrected chi connectivity index (χ0v) is 12.2. The predicted molar refractivity (Wildman–Crippen MR) is 81.2 cm³/mol. The van der Waals surface area contributed by atoms with Gasteiger partial charge in [-0.15, -0.1) is 0 Å². The van der Waals surface area contributed by atoms with Crippen LogP contribution in [0.5, 0.6) is 0 Å². The van der Waals surface area contributed by atoms with Gasteiger partial charge in [-0.05, 0) is 44.0 Å². The van der Waals surface area contributed by atoms with E-state index in [9.17, 15) is 0 Å². The van der Waals surface area contributed by atoms with Crippen molar-refractivity contribution in [1.29, 1.82) is 0 Å². The summed E-state index contributed by atoms with van der Waals surface area (Å²) < 4.78 is 0. The average molecular weight is 283 g/mol. The van der Waals surface area contributed by atoms with E-state index < -0.39 is 0 Å². The number of hydrogen-bond acceptors (Lipinski definition) is 4. The molecule has 0 saturated carbocycles. The molecule has 0 spiro atoms. The molecule has 0 radical (unpaired) electrons. The van der Waals surface area contributed by atoms with Crippen molar-refractivity contribution in [2.45, 2.75) is 25.4 Å². The van der Waals surface area contributed by atoms with Crippen molar-refractivity contribution in [1.82, 2.24) is 25.2 Å². The summed E-state index contributed by atoms with van der Waals surface area (Å²) in [5.41, 5.74) is 2.02. The van der Waals surface area contributed by atoms with Crippen molar-refractivity contribution in [3.05, 3.63) is 42.2 Å². The van der Waals surface area contributed by atoms with Crippen LogP contribution < -0.4 is 5.32 Å². The summed E-state index contributed by atoms with van der Waals surface area (Å²) >= 11 is 0. The lowest BCUT2D eigenvalue weighted by Gasteiger charge is -2.45. The van der Waals surface area contributed by atoms with Crippen LogP contribution in [0.25, 0.3) is 5.69 Å². The number of fused-ring (bicyclic) bond motifs is 3. The molecule has 0 amide bonds. The van der Waals surface area contributed by atoms with Crippen molar-refractivity contribution >= 4 is 0 Å². The molecule has 3 fully saturated rings. The van der Waals surface area contributed by atoms with E-state index in [2.05, 4.69) is 20.4 Å². The maximum absolute atomic E-state index is 4.56. The zero-order chi connectivity index (χ0) is 14.1. The molecule has 21 heavy (non-hydrogen) atoms. The van der Waals surface area contributed by atoms with Crippen LogP contribution in [0, 0.1) is 5.92 Å². The number of hydrogen-bond donors (Lipinski definition) is 1. The van der Waals surface area contributed by atoms with Gasteiger partial charge in [0.15, 0.2) is 0 Å². The Labute approximate surface area is 125 Å². The number of para-hydroxylation sites is 1. The first-order valence-corrected chi connectivity index (χ1v) is 7.81.